The number of carbonyl (C=O) groups is 1. The van der Waals surface area contributed by atoms with E-state index in [9.17, 15) is 9.90 Å². The van der Waals surface area contributed by atoms with Gasteiger partial charge >= 0.3 is 5.97 Å². The highest BCUT2D eigenvalue weighted by atomic mass is 16.5. The first-order valence-electron chi connectivity index (χ1n) is 7.54. The van der Waals surface area contributed by atoms with Gasteiger partial charge in [0, 0.05) is 6.07 Å². The standard InChI is InChI=1S/C17H26O4/c1-4-5-6-7-8-17(2,3)13-9-14(18)11-15(10-13)21-12-16(19)20/h9-11,18H,4-8,12H2,1-3H3,(H,19,20). The Kier molecular flexibility index (Phi) is 6.53. The number of carboxylic acids is 1. The Bertz CT molecular complexity index is 466. The van der Waals surface area contributed by atoms with Gasteiger partial charge in [0.25, 0.3) is 0 Å². The van der Waals surface area contributed by atoms with Crippen LogP contribution in [-0.2, 0) is 10.2 Å². The smallest absolute Gasteiger partial charge is 0.341 e. The number of aliphatic carboxylic acids is 1. The Labute approximate surface area is 126 Å². The summed E-state index contributed by atoms with van der Waals surface area (Å²) >= 11 is 0. The molecule has 4 nitrogen and oxygen atoms in total. The highest BCUT2D eigenvalue weighted by Gasteiger charge is 2.21. The summed E-state index contributed by atoms with van der Waals surface area (Å²) in [6.07, 6.45) is 5.82. The van der Waals surface area contributed by atoms with Crippen LogP contribution in [0.3, 0.4) is 0 Å². The summed E-state index contributed by atoms with van der Waals surface area (Å²) in [6, 6.07) is 5.00. The summed E-state index contributed by atoms with van der Waals surface area (Å²) in [6.45, 7) is 6.05. The highest BCUT2D eigenvalue weighted by Crippen LogP contribution is 2.34. The van der Waals surface area contributed by atoms with Crippen molar-refractivity contribution in [1.29, 1.82) is 0 Å². The van der Waals surface area contributed by atoms with E-state index in [0.717, 1.165) is 18.4 Å². The van der Waals surface area contributed by atoms with E-state index in [1.165, 1.54) is 25.3 Å². The highest BCUT2D eigenvalue weighted by molar-refractivity contribution is 5.68. The number of unbranched alkanes of at least 4 members (excludes halogenated alkanes) is 3. The van der Waals surface area contributed by atoms with E-state index in [2.05, 4.69) is 20.8 Å². The number of rotatable bonds is 9. The Balaban J connectivity index is 2.77. The summed E-state index contributed by atoms with van der Waals surface area (Å²) in [5.74, 6) is -0.526. The van der Waals surface area contributed by atoms with E-state index in [1.54, 1.807) is 6.07 Å². The fourth-order valence-corrected chi connectivity index (χ4v) is 2.34. The van der Waals surface area contributed by atoms with Gasteiger partial charge in [0.1, 0.15) is 11.5 Å². The van der Waals surface area contributed by atoms with E-state index < -0.39 is 12.6 Å². The van der Waals surface area contributed by atoms with Crippen LogP contribution in [0.2, 0.25) is 0 Å². The van der Waals surface area contributed by atoms with E-state index in [-0.39, 0.29) is 11.2 Å². The van der Waals surface area contributed by atoms with Gasteiger partial charge in [-0.3, -0.25) is 0 Å². The predicted molar refractivity (Wildman–Crippen MR) is 83.0 cm³/mol. The van der Waals surface area contributed by atoms with Crippen LogP contribution in [0.1, 0.15) is 58.4 Å². The maximum Gasteiger partial charge on any atom is 0.341 e. The van der Waals surface area contributed by atoms with Crippen molar-refractivity contribution < 1.29 is 19.7 Å². The maximum absolute atomic E-state index is 10.6. The molecule has 0 spiro atoms. The molecule has 0 aliphatic rings. The minimum absolute atomic E-state index is 0.0756. The molecule has 0 unspecified atom stereocenters. The first-order chi connectivity index (χ1) is 9.85. The van der Waals surface area contributed by atoms with Crippen LogP contribution in [0.25, 0.3) is 0 Å². The summed E-state index contributed by atoms with van der Waals surface area (Å²) in [7, 11) is 0. The molecule has 4 heteroatoms. The second-order valence-corrected chi connectivity index (χ2v) is 6.09. The van der Waals surface area contributed by atoms with Gasteiger partial charge in [-0.1, -0.05) is 46.5 Å². The second-order valence-electron chi connectivity index (χ2n) is 6.09. The predicted octanol–water partition coefficient (Wildman–Crippen LogP) is 4.10. The molecule has 0 aliphatic heterocycles. The molecule has 118 valence electrons. The molecule has 0 aromatic heterocycles. The van der Waals surface area contributed by atoms with Crippen LogP contribution in [0.5, 0.6) is 11.5 Å². The number of hydrogen-bond acceptors (Lipinski definition) is 3. The van der Waals surface area contributed by atoms with Gasteiger partial charge in [-0.05, 0) is 29.5 Å². The van der Waals surface area contributed by atoms with Crippen molar-refractivity contribution in [3.05, 3.63) is 23.8 Å². The number of ether oxygens (including phenoxy) is 1. The van der Waals surface area contributed by atoms with Crippen molar-refractivity contribution in [2.45, 2.75) is 58.3 Å². The molecule has 21 heavy (non-hydrogen) atoms. The first-order valence-corrected chi connectivity index (χ1v) is 7.54. The number of hydrogen-bond donors (Lipinski definition) is 2. The van der Waals surface area contributed by atoms with Gasteiger partial charge in [0.2, 0.25) is 0 Å². The molecule has 0 fully saturated rings. The normalized spacial score (nSPS) is 11.4. The van der Waals surface area contributed by atoms with Crippen molar-refractivity contribution in [3.8, 4) is 11.5 Å². The molecule has 0 heterocycles. The fourth-order valence-electron chi connectivity index (χ4n) is 2.34. The van der Waals surface area contributed by atoms with Crippen LogP contribution in [-0.4, -0.2) is 22.8 Å². The Hall–Kier alpha value is -1.71. The Morgan fingerprint density at radius 1 is 1.19 bits per heavy atom. The van der Waals surface area contributed by atoms with Crippen molar-refractivity contribution >= 4 is 5.97 Å². The SMILES string of the molecule is CCCCCCC(C)(C)c1cc(O)cc(OCC(=O)O)c1. The van der Waals surface area contributed by atoms with Gasteiger partial charge in [-0.25, -0.2) is 4.79 Å². The minimum atomic E-state index is -1.03. The molecule has 0 radical (unpaired) electrons. The van der Waals surface area contributed by atoms with E-state index in [0.29, 0.717) is 5.75 Å². The molecule has 0 saturated heterocycles. The third-order valence-electron chi connectivity index (χ3n) is 3.69. The number of benzene rings is 1. The number of carboxylic acid groups (broad SMARTS) is 1. The molecule has 0 bridgehead atoms. The van der Waals surface area contributed by atoms with E-state index in [4.69, 9.17) is 9.84 Å². The minimum Gasteiger partial charge on any atom is -0.508 e. The molecule has 1 rings (SSSR count). The molecule has 0 aliphatic carbocycles. The van der Waals surface area contributed by atoms with Crippen molar-refractivity contribution in [3.63, 3.8) is 0 Å². The largest absolute Gasteiger partial charge is 0.508 e. The molecule has 1 aromatic rings. The zero-order chi connectivity index (χ0) is 15.9. The van der Waals surface area contributed by atoms with E-state index in [1.807, 2.05) is 6.07 Å². The zero-order valence-electron chi connectivity index (χ0n) is 13.2. The van der Waals surface area contributed by atoms with Crippen molar-refractivity contribution in [2.24, 2.45) is 0 Å². The number of phenols is 1. The third kappa shape index (κ3) is 6.06. The Morgan fingerprint density at radius 3 is 2.52 bits per heavy atom. The first kappa shape index (κ1) is 17.3. The van der Waals surface area contributed by atoms with Crippen LogP contribution >= 0.6 is 0 Å². The molecule has 0 saturated carbocycles. The van der Waals surface area contributed by atoms with Gasteiger partial charge in [-0.2, -0.15) is 0 Å². The van der Waals surface area contributed by atoms with Crippen LogP contribution in [0.4, 0.5) is 0 Å². The molecule has 0 amide bonds. The molecule has 0 atom stereocenters. The third-order valence-corrected chi connectivity index (χ3v) is 3.69. The molecule has 2 N–H and O–H groups in total. The Morgan fingerprint density at radius 2 is 1.90 bits per heavy atom. The van der Waals surface area contributed by atoms with Crippen molar-refractivity contribution in [2.75, 3.05) is 6.61 Å². The monoisotopic (exact) mass is 294 g/mol. The van der Waals surface area contributed by atoms with Crippen LogP contribution < -0.4 is 4.74 Å². The number of phenolic OH excluding ortho intramolecular Hbond substituents is 1. The molecule has 1 aromatic carbocycles. The average Bonchev–Trinajstić information content (AvgIpc) is 2.41. The number of aromatic hydroxyl groups is 1. The summed E-state index contributed by atoms with van der Waals surface area (Å²) in [4.78, 5) is 10.6. The van der Waals surface area contributed by atoms with Gasteiger partial charge < -0.3 is 14.9 Å². The summed E-state index contributed by atoms with van der Waals surface area (Å²) in [5.41, 5.74) is 0.896. The quantitative estimate of drug-likeness (QED) is 0.673. The van der Waals surface area contributed by atoms with Crippen molar-refractivity contribution in [1.82, 2.24) is 0 Å². The second kappa shape index (κ2) is 7.91. The van der Waals surface area contributed by atoms with Gasteiger partial charge in [-0.15, -0.1) is 0 Å². The lowest BCUT2D eigenvalue weighted by atomic mass is 9.80. The van der Waals surface area contributed by atoms with Crippen LogP contribution in [0.15, 0.2) is 18.2 Å². The van der Waals surface area contributed by atoms with E-state index >= 15 is 0 Å². The topological polar surface area (TPSA) is 66.8 Å². The van der Waals surface area contributed by atoms with Crippen LogP contribution in [0, 0.1) is 0 Å². The lowest BCUT2D eigenvalue weighted by molar-refractivity contribution is -0.139. The molecular formula is C17H26O4. The zero-order valence-corrected chi connectivity index (χ0v) is 13.2. The van der Waals surface area contributed by atoms with Gasteiger partial charge in [0.15, 0.2) is 6.61 Å². The fraction of sp³-hybridized carbons (Fsp3) is 0.588. The summed E-state index contributed by atoms with van der Waals surface area (Å²) < 4.78 is 5.17. The maximum atomic E-state index is 10.6. The summed E-state index contributed by atoms with van der Waals surface area (Å²) in [5, 5.41) is 18.5. The lowest BCUT2D eigenvalue weighted by Crippen LogP contribution is -2.17. The lowest BCUT2D eigenvalue weighted by Gasteiger charge is -2.26. The molecular weight excluding hydrogens is 268 g/mol. The van der Waals surface area contributed by atoms with Gasteiger partial charge in [0.05, 0.1) is 0 Å². The average molecular weight is 294 g/mol.